The zero-order valence-electron chi connectivity index (χ0n) is 12.4. The van der Waals surface area contributed by atoms with Crippen molar-refractivity contribution in [2.75, 3.05) is 0 Å². The van der Waals surface area contributed by atoms with E-state index in [-0.39, 0.29) is 22.8 Å². The molecule has 8 heteroatoms. The Morgan fingerprint density at radius 1 is 1.30 bits per heavy atom. The smallest absolute Gasteiger partial charge is 0.312 e. The molecule has 0 saturated heterocycles. The number of oxime groups is 1. The van der Waals surface area contributed by atoms with Crippen LogP contribution in [0.25, 0.3) is 0 Å². The molecule has 7 nitrogen and oxygen atoms in total. The molecule has 2 aromatic carbocycles. The first kappa shape index (κ1) is 16.6. The van der Waals surface area contributed by atoms with Crippen molar-refractivity contribution in [3.05, 3.63) is 62.2 Å². The third-order valence-electron chi connectivity index (χ3n) is 3.20. The minimum atomic E-state index is -0.598. The molecule has 120 valence electrons. The average molecular weight is 336 g/mol. The molecule has 23 heavy (non-hydrogen) atoms. The number of aryl methyl sites for hydroxylation is 2. The summed E-state index contributed by atoms with van der Waals surface area (Å²) in [7, 11) is 0. The lowest BCUT2D eigenvalue weighted by Gasteiger charge is -2.10. The number of benzene rings is 2. The quantitative estimate of drug-likeness (QED) is 0.290. The fourth-order valence-electron chi connectivity index (χ4n) is 2.06. The van der Waals surface area contributed by atoms with Crippen LogP contribution in [0, 0.1) is 24.0 Å². The van der Waals surface area contributed by atoms with Crippen LogP contribution in [-0.2, 0) is 0 Å². The molecule has 0 radical (unpaired) electrons. The number of nitro benzene ring substituents is 1. The topological polar surface area (TPSA) is 111 Å². The van der Waals surface area contributed by atoms with Crippen molar-refractivity contribution in [3.63, 3.8) is 0 Å². The molecule has 0 atom stereocenters. The van der Waals surface area contributed by atoms with Crippen LogP contribution in [-0.4, -0.2) is 16.0 Å². The van der Waals surface area contributed by atoms with Gasteiger partial charge < -0.3 is 15.7 Å². The summed E-state index contributed by atoms with van der Waals surface area (Å²) in [4.78, 5) is 10.6. The van der Waals surface area contributed by atoms with Crippen molar-refractivity contribution in [2.24, 2.45) is 10.9 Å². The minimum Gasteiger partial charge on any atom is -0.450 e. The minimum absolute atomic E-state index is 0.0469. The monoisotopic (exact) mass is 335 g/mol. The van der Waals surface area contributed by atoms with Gasteiger partial charge in [0.25, 0.3) is 0 Å². The van der Waals surface area contributed by atoms with Crippen molar-refractivity contribution >= 4 is 23.1 Å². The van der Waals surface area contributed by atoms with Crippen LogP contribution in [0.2, 0.25) is 5.02 Å². The van der Waals surface area contributed by atoms with E-state index in [0.717, 1.165) is 11.1 Å². The first-order chi connectivity index (χ1) is 10.8. The van der Waals surface area contributed by atoms with Crippen LogP contribution in [0.5, 0.6) is 11.5 Å². The van der Waals surface area contributed by atoms with Gasteiger partial charge in [-0.25, -0.2) is 0 Å². The Balaban J connectivity index is 2.46. The van der Waals surface area contributed by atoms with E-state index in [1.54, 1.807) is 12.1 Å². The lowest BCUT2D eigenvalue weighted by Crippen LogP contribution is -2.13. The number of ether oxygens (including phenoxy) is 1. The third-order valence-corrected chi connectivity index (χ3v) is 3.79. The largest absolute Gasteiger partial charge is 0.450 e. The number of halogens is 1. The van der Waals surface area contributed by atoms with Crippen LogP contribution in [0.4, 0.5) is 5.69 Å². The van der Waals surface area contributed by atoms with Gasteiger partial charge in [0.15, 0.2) is 5.84 Å². The lowest BCUT2D eigenvalue weighted by atomic mass is 10.1. The Morgan fingerprint density at radius 3 is 2.43 bits per heavy atom. The van der Waals surface area contributed by atoms with Crippen molar-refractivity contribution in [1.29, 1.82) is 0 Å². The highest BCUT2D eigenvalue weighted by Crippen LogP contribution is 2.34. The molecule has 0 spiro atoms. The molecule has 0 aliphatic heterocycles. The molecule has 0 bridgehead atoms. The molecule has 0 unspecified atom stereocenters. The highest BCUT2D eigenvalue weighted by atomic mass is 35.5. The number of hydrogen-bond acceptors (Lipinski definition) is 5. The Labute approximate surface area is 137 Å². The normalized spacial score (nSPS) is 11.3. The molecule has 0 aliphatic carbocycles. The highest BCUT2D eigenvalue weighted by Gasteiger charge is 2.18. The Morgan fingerprint density at radius 2 is 1.91 bits per heavy atom. The van der Waals surface area contributed by atoms with E-state index in [1.807, 2.05) is 13.8 Å². The average Bonchev–Trinajstić information content (AvgIpc) is 2.51. The standard InChI is InChI=1S/C15H14ClN3O4/c1-8-5-11(6-9(2)14(8)16)23-13-4-3-10(15(17)18-20)7-12(13)19(21)22/h3-7,20H,1-2H3,(H2,17,18). The number of hydrogen-bond donors (Lipinski definition) is 2. The zero-order valence-corrected chi connectivity index (χ0v) is 13.2. The van der Waals surface area contributed by atoms with Gasteiger partial charge in [-0.1, -0.05) is 16.8 Å². The van der Waals surface area contributed by atoms with Crippen LogP contribution < -0.4 is 10.5 Å². The van der Waals surface area contributed by atoms with Gasteiger partial charge in [-0.15, -0.1) is 0 Å². The van der Waals surface area contributed by atoms with Gasteiger partial charge in [0.1, 0.15) is 5.75 Å². The van der Waals surface area contributed by atoms with E-state index in [4.69, 9.17) is 27.3 Å². The molecule has 2 aromatic rings. The summed E-state index contributed by atoms with van der Waals surface area (Å²) >= 11 is 6.09. The van der Waals surface area contributed by atoms with E-state index in [2.05, 4.69) is 5.16 Å². The molecule has 0 aromatic heterocycles. The van der Waals surface area contributed by atoms with E-state index in [1.165, 1.54) is 18.2 Å². The summed E-state index contributed by atoms with van der Waals surface area (Å²) in [5.74, 6) is 0.257. The van der Waals surface area contributed by atoms with Crippen LogP contribution in [0.3, 0.4) is 0 Å². The van der Waals surface area contributed by atoms with Crippen molar-refractivity contribution in [3.8, 4) is 11.5 Å². The van der Waals surface area contributed by atoms with E-state index >= 15 is 0 Å². The molecular formula is C15H14ClN3O4. The Hall–Kier alpha value is -2.80. The number of rotatable bonds is 4. The first-order valence-electron chi connectivity index (χ1n) is 6.54. The summed E-state index contributed by atoms with van der Waals surface area (Å²) in [6, 6.07) is 7.42. The van der Waals surface area contributed by atoms with Gasteiger partial charge in [0.2, 0.25) is 5.75 Å². The number of nitrogens with two attached hydrogens (primary N) is 1. The first-order valence-corrected chi connectivity index (χ1v) is 6.92. The molecule has 0 aliphatic rings. The molecule has 0 heterocycles. The summed E-state index contributed by atoms with van der Waals surface area (Å²) < 4.78 is 5.61. The zero-order chi connectivity index (χ0) is 17.1. The van der Waals surface area contributed by atoms with Crippen LogP contribution in [0.1, 0.15) is 16.7 Å². The van der Waals surface area contributed by atoms with Gasteiger partial charge in [-0.3, -0.25) is 10.1 Å². The fourth-order valence-corrected chi connectivity index (χ4v) is 2.16. The third kappa shape index (κ3) is 3.51. The fraction of sp³-hybridized carbons (Fsp3) is 0.133. The number of nitrogens with zero attached hydrogens (tertiary/aromatic N) is 2. The maximum Gasteiger partial charge on any atom is 0.312 e. The van der Waals surface area contributed by atoms with Crippen molar-refractivity contribution < 1.29 is 14.9 Å². The second-order valence-corrected chi connectivity index (χ2v) is 5.28. The van der Waals surface area contributed by atoms with Gasteiger partial charge in [0, 0.05) is 16.7 Å². The predicted octanol–water partition coefficient (Wildman–Crippen LogP) is 3.75. The summed E-state index contributed by atoms with van der Waals surface area (Å²) in [6.45, 7) is 3.64. The molecule has 0 fully saturated rings. The van der Waals surface area contributed by atoms with Gasteiger partial charge >= 0.3 is 5.69 Å². The highest BCUT2D eigenvalue weighted by molar-refractivity contribution is 6.32. The number of amidine groups is 1. The summed E-state index contributed by atoms with van der Waals surface area (Å²) in [5.41, 5.74) is 6.98. The lowest BCUT2D eigenvalue weighted by molar-refractivity contribution is -0.385. The maximum atomic E-state index is 11.2. The summed E-state index contributed by atoms with van der Waals surface area (Å²) in [5, 5.41) is 23.3. The second-order valence-electron chi connectivity index (χ2n) is 4.90. The maximum absolute atomic E-state index is 11.2. The molecule has 0 amide bonds. The Kier molecular flexibility index (Phi) is 4.71. The van der Waals surface area contributed by atoms with Gasteiger partial charge in [0.05, 0.1) is 4.92 Å². The predicted molar refractivity (Wildman–Crippen MR) is 86.6 cm³/mol. The van der Waals surface area contributed by atoms with Crippen LogP contribution >= 0.6 is 11.6 Å². The summed E-state index contributed by atoms with van der Waals surface area (Å²) in [6.07, 6.45) is 0. The molecule has 0 saturated carbocycles. The van der Waals surface area contributed by atoms with E-state index in [9.17, 15) is 10.1 Å². The molecule has 3 N–H and O–H groups in total. The second kappa shape index (κ2) is 6.53. The Bertz CT molecular complexity index is 782. The van der Waals surface area contributed by atoms with E-state index < -0.39 is 4.92 Å². The van der Waals surface area contributed by atoms with Crippen LogP contribution in [0.15, 0.2) is 35.5 Å². The van der Waals surface area contributed by atoms with Crippen molar-refractivity contribution in [1.82, 2.24) is 0 Å². The number of nitro groups is 1. The van der Waals surface area contributed by atoms with Gasteiger partial charge in [-0.2, -0.15) is 0 Å². The van der Waals surface area contributed by atoms with E-state index in [0.29, 0.717) is 10.8 Å². The molecular weight excluding hydrogens is 322 g/mol. The van der Waals surface area contributed by atoms with Gasteiger partial charge in [-0.05, 0) is 49.2 Å². The molecule has 2 rings (SSSR count). The van der Waals surface area contributed by atoms with Crippen molar-refractivity contribution in [2.45, 2.75) is 13.8 Å². The SMILES string of the molecule is Cc1cc(Oc2ccc(C(N)=NO)cc2[N+](=O)[O-])cc(C)c1Cl.